The molecule has 3 heterocycles. The lowest BCUT2D eigenvalue weighted by atomic mass is 10.1. The van der Waals surface area contributed by atoms with Crippen LogP contribution in [0.3, 0.4) is 0 Å². The zero-order chi connectivity index (χ0) is 20.2. The first-order valence-electron chi connectivity index (χ1n) is 9.31. The molecule has 146 valence electrons. The number of ether oxygens (including phenoxy) is 1. The number of benzene rings is 1. The summed E-state index contributed by atoms with van der Waals surface area (Å²) in [7, 11) is 3.44. The molecule has 1 amide bonds. The van der Waals surface area contributed by atoms with Crippen molar-refractivity contribution >= 4 is 16.9 Å². The summed E-state index contributed by atoms with van der Waals surface area (Å²) in [5, 5.41) is 7.97. The first-order valence-corrected chi connectivity index (χ1v) is 9.31. The third-order valence-corrected chi connectivity index (χ3v) is 4.71. The Kier molecular flexibility index (Phi) is 5.20. The fraction of sp³-hybridized carbons (Fsp3) is 0.182. The van der Waals surface area contributed by atoms with Crippen LogP contribution in [0, 0.1) is 0 Å². The Balaban J connectivity index is 1.64. The second kappa shape index (κ2) is 8.10. The minimum absolute atomic E-state index is 0.162. The van der Waals surface area contributed by atoms with Crippen molar-refractivity contribution in [1.29, 1.82) is 0 Å². The lowest BCUT2D eigenvalue weighted by Crippen LogP contribution is -2.26. The van der Waals surface area contributed by atoms with Gasteiger partial charge >= 0.3 is 0 Å². The van der Waals surface area contributed by atoms with E-state index >= 15 is 0 Å². The maximum atomic E-state index is 12.9. The van der Waals surface area contributed by atoms with Crippen molar-refractivity contribution in [2.75, 3.05) is 13.7 Å². The number of amides is 1. The Labute approximate surface area is 168 Å². The molecule has 0 saturated heterocycles. The normalized spacial score (nSPS) is 10.8. The van der Waals surface area contributed by atoms with E-state index in [-0.39, 0.29) is 5.91 Å². The molecule has 0 aliphatic rings. The third kappa shape index (κ3) is 3.94. The monoisotopic (exact) mass is 387 g/mol. The van der Waals surface area contributed by atoms with Crippen molar-refractivity contribution in [3.63, 3.8) is 0 Å². The Morgan fingerprint density at radius 1 is 1.17 bits per heavy atom. The van der Waals surface area contributed by atoms with E-state index in [1.807, 2.05) is 49.5 Å². The van der Waals surface area contributed by atoms with E-state index in [9.17, 15) is 4.79 Å². The van der Waals surface area contributed by atoms with E-state index in [2.05, 4.69) is 15.4 Å². The van der Waals surface area contributed by atoms with E-state index in [1.54, 1.807) is 30.3 Å². The smallest absolute Gasteiger partial charge is 0.252 e. The number of carbonyl (C=O) groups excluding carboxylic acids is 1. The Bertz CT molecular complexity index is 1150. The number of rotatable bonds is 6. The summed E-state index contributed by atoms with van der Waals surface area (Å²) >= 11 is 0. The second-order valence-electron chi connectivity index (χ2n) is 6.62. The Hall–Kier alpha value is -3.74. The molecule has 0 aliphatic carbocycles. The molecule has 0 bridgehead atoms. The van der Waals surface area contributed by atoms with Crippen LogP contribution in [-0.2, 0) is 13.5 Å². The zero-order valence-corrected chi connectivity index (χ0v) is 16.3. The molecule has 0 saturated carbocycles. The highest BCUT2D eigenvalue weighted by molar-refractivity contribution is 6.06. The minimum Gasteiger partial charge on any atom is -0.497 e. The highest BCUT2D eigenvalue weighted by Crippen LogP contribution is 2.27. The lowest BCUT2D eigenvalue weighted by molar-refractivity contribution is 0.0955. The first-order chi connectivity index (χ1) is 14.2. The van der Waals surface area contributed by atoms with E-state index < -0.39 is 0 Å². The van der Waals surface area contributed by atoms with Gasteiger partial charge in [0.2, 0.25) is 0 Å². The van der Waals surface area contributed by atoms with Gasteiger partial charge in [0.25, 0.3) is 5.91 Å². The molecule has 3 aromatic heterocycles. The van der Waals surface area contributed by atoms with Crippen LogP contribution in [-0.4, -0.2) is 39.3 Å². The number of nitrogens with zero attached hydrogens (tertiary/aromatic N) is 4. The van der Waals surface area contributed by atoms with E-state index in [0.717, 1.165) is 22.4 Å². The van der Waals surface area contributed by atoms with E-state index in [4.69, 9.17) is 9.72 Å². The van der Waals surface area contributed by atoms with Crippen molar-refractivity contribution in [3.8, 4) is 17.0 Å². The minimum atomic E-state index is -0.162. The van der Waals surface area contributed by atoms with Gasteiger partial charge in [-0.2, -0.15) is 5.10 Å². The van der Waals surface area contributed by atoms with Gasteiger partial charge in [0.05, 0.1) is 30.0 Å². The second-order valence-corrected chi connectivity index (χ2v) is 6.62. The summed E-state index contributed by atoms with van der Waals surface area (Å²) < 4.78 is 6.99. The van der Waals surface area contributed by atoms with Crippen LogP contribution in [0.4, 0.5) is 0 Å². The van der Waals surface area contributed by atoms with Gasteiger partial charge in [0, 0.05) is 37.5 Å². The van der Waals surface area contributed by atoms with Crippen molar-refractivity contribution in [3.05, 3.63) is 72.2 Å². The highest BCUT2D eigenvalue weighted by Gasteiger charge is 2.16. The van der Waals surface area contributed by atoms with E-state index in [1.165, 1.54) is 0 Å². The van der Waals surface area contributed by atoms with Crippen LogP contribution >= 0.6 is 0 Å². The van der Waals surface area contributed by atoms with Gasteiger partial charge in [-0.3, -0.25) is 14.5 Å². The fourth-order valence-corrected chi connectivity index (χ4v) is 3.18. The molecule has 29 heavy (non-hydrogen) atoms. The number of hydrogen-bond acceptors (Lipinski definition) is 5. The average molecular weight is 387 g/mol. The quantitative estimate of drug-likeness (QED) is 0.550. The highest BCUT2D eigenvalue weighted by atomic mass is 16.5. The Morgan fingerprint density at radius 3 is 2.86 bits per heavy atom. The number of fused-ring (bicyclic) bond motifs is 1. The molecule has 0 radical (unpaired) electrons. The van der Waals surface area contributed by atoms with Crippen LogP contribution in [0.5, 0.6) is 5.75 Å². The topological polar surface area (TPSA) is 81.9 Å². The summed E-state index contributed by atoms with van der Waals surface area (Å²) in [5.41, 5.74) is 3.69. The van der Waals surface area contributed by atoms with Crippen LogP contribution in [0.15, 0.2) is 60.9 Å². The summed E-state index contributed by atoms with van der Waals surface area (Å²) in [5.74, 6) is 0.571. The fourth-order valence-electron chi connectivity index (χ4n) is 3.18. The van der Waals surface area contributed by atoms with Crippen molar-refractivity contribution in [2.24, 2.45) is 7.05 Å². The predicted molar refractivity (Wildman–Crippen MR) is 111 cm³/mol. The van der Waals surface area contributed by atoms with Gasteiger partial charge in [-0.1, -0.05) is 18.2 Å². The summed E-state index contributed by atoms with van der Waals surface area (Å²) in [6, 6.07) is 15.2. The molecule has 7 nitrogen and oxygen atoms in total. The largest absolute Gasteiger partial charge is 0.497 e. The summed E-state index contributed by atoms with van der Waals surface area (Å²) in [6.45, 7) is 0.494. The number of aryl methyl sites for hydroxylation is 1. The number of pyridine rings is 2. The van der Waals surface area contributed by atoms with Gasteiger partial charge in [-0.25, -0.2) is 4.98 Å². The van der Waals surface area contributed by atoms with Crippen molar-refractivity contribution < 1.29 is 9.53 Å². The SMILES string of the molecule is COc1cccc(-c2cc(C(=O)NCCc3ccccn3)c3cnn(C)c3n2)c1. The molecule has 0 fully saturated rings. The van der Waals surface area contributed by atoms with Crippen LogP contribution < -0.4 is 10.1 Å². The van der Waals surface area contributed by atoms with Gasteiger partial charge in [-0.15, -0.1) is 0 Å². The number of hydrogen-bond donors (Lipinski definition) is 1. The first kappa shape index (κ1) is 18.6. The molecule has 1 aromatic carbocycles. The summed E-state index contributed by atoms with van der Waals surface area (Å²) in [6.07, 6.45) is 4.08. The Morgan fingerprint density at radius 2 is 2.07 bits per heavy atom. The molecular weight excluding hydrogens is 366 g/mol. The van der Waals surface area contributed by atoms with Crippen LogP contribution in [0.1, 0.15) is 16.1 Å². The number of methoxy groups -OCH3 is 1. The van der Waals surface area contributed by atoms with Crippen LogP contribution in [0.2, 0.25) is 0 Å². The molecular formula is C22H21N5O2. The van der Waals surface area contributed by atoms with Crippen molar-refractivity contribution in [2.45, 2.75) is 6.42 Å². The predicted octanol–water partition coefficient (Wildman–Crippen LogP) is 3.01. The standard InChI is InChI=1S/C22H21N5O2/c1-27-21-19(14-25-27)18(22(28)24-11-9-16-7-3-4-10-23-16)13-20(26-21)15-6-5-8-17(12-15)29-2/h3-8,10,12-14H,9,11H2,1-2H3,(H,24,28). The molecule has 0 spiro atoms. The van der Waals surface area contributed by atoms with Crippen molar-refractivity contribution in [1.82, 2.24) is 25.1 Å². The third-order valence-electron chi connectivity index (χ3n) is 4.71. The molecule has 7 heteroatoms. The molecule has 0 unspecified atom stereocenters. The number of nitrogens with one attached hydrogen (secondary N) is 1. The zero-order valence-electron chi connectivity index (χ0n) is 16.3. The van der Waals surface area contributed by atoms with Gasteiger partial charge in [-0.05, 0) is 30.3 Å². The number of aromatic nitrogens is 4. The molecule has 4 rings (SSSR count). The maximum Gasteiger partial charge on any atom is 0.252 e. The van der Waals surface area contributed by atoms with Gasteiger partial charge < -0.3 is 10.1 Å². The van der Waals surface area contributed by atoms with E-state index in [0.29, 0.717) is 29.9 Å². The molecule has 0 atom stereocenters. The maximum absolute atomic E-state index is 12.9. The lowest BCUT2D eigenvalue weighted by Gasteiger charge is -2.10. The van der Waals surface area contributed by atoms with Gasteiger partial charge in [0.15, 0.2) is 5.65 Å². The summed E-state index contributed by atoms with van der Waals surface area (Å²) in [4.78, 5) is 21.9. The van der Waals surface area contributed by atoms with Gasteiger partial charge in [0.1, 0.15) is 5.75 Å². The average Bonchev–Trinajstić information content (AvgIpc) is 3.14. The molecule has 0 aliphatic heterocycles. The van der Waals surface area contributed by atoms with Crippen LogP contribution in [0.25, 0.3) is 22.3 Å². The molecule has 1 N–H and O–H groups in total. The molecule has 4 aromatic rings. The number of carbonyl (C=O) groups is 1.